The maximum Gasteiger partial charge on any atom is 0.273 e. The van der Waals surface area contributed by atoms with Gasteiger partial charge in [0.1, 0.15) is 27.8 Å². The number of carbonyl (C=O) groups excluding carboxylic acids is 1. The van der Waals surface area contributed by atoms with Crippen LogP contribution in [0.4, 0.5) is 20.2 Å². The Bertz CT molecular complexity index is 1270. The Labute approximate surface area is 184 Å². The highest BCUT2D eigenvalue weighted by Gasteiger charge is 2.25. The van der Waals surface area contributed by atoms with Crippen LogP contribution in [0.5, 0.6) is 5.75 Å². The van der Waals surface area contributed by atoms with E-state index in [4.69, 9.17) is 4.74 Å². The SMILES string of the molecule is COc1cc(NC(=O)c2ccnn2C)ccc1S(=O)(=O)Nc1ccc(F)c(C(C)(C)F)c1. The number of nitrogens with zero attached hydrogens (tertiary/aromatic N) is 2. The van der Waals surface area contributed by atoms with Gasteiger partial charge in [0, 0.05) is 36.2 Å². The molecule has 0 fully saturated rings. The van der Waals surface area contributed by atoms with Gasteiger partial charge in [-0.05, 0) is 50.2 Å². The van der Waals surface area contributed by atoms with Crippen LogP contribution in [0.1, 0.15) is 29.9 Å². The van der Waals surface area contributed by atoms with Crippen LogP contribution in [-0.4, -0.2) is 31.2 Å². The fraction of sp³-hybridized carbons (Fsp3) is 0.238. The predicted molar refractivity (Wildman–Crippen MR) is 115 cm³/mol. The van der Waals surface area contributed by atoms with Gasteiger partial charge in [-0.1, -0.05) is 0 Å². The first-order chi connectivity index (χ1) is 14.9. The molecule has 0 unspecified atom stereocenters. The number of sulfonamides is 1. The van der Waals surface area contributed by atoms with Crippen LogP contribution in [0, 0.1) is 5.82 Å². The number of alkyl halides is 1. The molecule has 0 aliphatic rings. The first-order valence-electron chi connectivity index (χ1n) is 9.41. The molecule has 3 aromatic rings. The van der Waals surface area contributed by atoms with E-state index < -0.39 is 27.4 Å². The molecule has 2 aromatic carbocycles. The summed E-state index contributed by atoms with van der Waals surface area (Å²) in [6.07, 6.45) is 1.47. The molecule has 11 heteroatoms. The van der Waals surface area contributed by atoms with Crippen molar-refractivity contribution >= 4 is 27.3 Å². The number of aryl methyl sites for hydroxylation is 1. The van der Waals surface area contributed by atoms with Gasteiger partial charge in [-0.15, -0.1) is 0 Å². The fourth-order valence-corrected chi connectivity index (χ4v) is 4.22. The lowest BCUT2D eigenvalue weighted by Crippen LogP contribution is -2.18. The molecule has 3 rings (SSSR count). The van der Waals surface area contributed by atoms with Crippen molar-refractivity contribution < 1.29 is 26.7 Å². The van der Waals surface area contributed by atoms with E-state index in [0.29, 0.717) is 11.4 Å². The number of methoxy groups -OCH3 is 1. The number of nitrogens with one attached hydrogen (secondary N) is 2. The molecular weight excluding hydrogens is 442 g/mol. The summed E-state index contributed by atoms with van der Waals surface area (Å²) in [6.45, 7) is 2.34. The number of amides is 1. The Morgan fingerprint density at radius 2 is 1.81 bits per heavy atom. The van der Waals surface area contributed by atoms with E-state index in [1.807, 2.05) is 0 Å². The Balaban J connectivity index is 1.88. The van der Waals surface area contributed by atoms with Crippen LogP contribution in [0.2, 0.25) is 0 Å². The van der Waals surface area contributed by atoms with Gasteiger partial charge >= 0.3 is 0 Å². The molecule has 170 valence electrons. The number of rotatable bonds is 7. The highest BCUT2D eigenvalue weighted by Crippen LogP contribution is 2.32. The largest absolute Gasteiger partial charge is 0.495 e. The van der Waals surface area contributed by atoms with Gasteiger partial charge in [0.2, 0.25) is 0 Å². The summed E-state index contributed by atoms with van der Waals surface area (Å²) in [5.41, 5.74) is -1.68. The molecule has 0 saturated heterocycles. The second-order valence-corrected chi connectivity index (χ2v) is 9.08. The van der Waals surface area contributed by atoms with Gasteiger partial charge in [0.05, 0.1) is 7.11 Å². The average Bonchev–Trinajstić information content (AvgIpc) is 3.14. The Morgan fingerprint density at radius 3 is 2.41 bits per heavy atom. The minimum Gasteiger partial charge on any atom is -0.495 e. The minimum absolute atomic E-state index is 0.0113. The third-order valence-electron chi connectivity index (χ3n) is 4.62. The van der Waals surface area contributed by atoms with Gasteiger partial charge in [-0.25, -0.2) is 17.2 Å². The normalized spacial score (nSPS) is 11.8. The van der Waals surface area contributed by atoms with Gasteiger partial charge in [0.15, 0.2) is 0 Å². The lowest BCUT2D eigenvalue weighted by molar-refractivity contribution is 0.101. The number of carbonyl (C=O) groups is 1. The monoisotopic (exact) mass is 464 g/mol. The number of ether oxygens (including phenoxy) is 1. The summed E-state index contributed by atoms with van der Waals surface area (Å²) in [4.78, 5) is 12.1. The quantitative estimate of drug-likeness (QED) is 0.553. The van der Waals surface area contributed by atoms with Crippen molar-refractivity contribution in [1.82, 2.24) is 9.78 Å². The second-order valence-electron chi connectivity index (χ2n) is 7.43. The third-order valence-corrected chi connectivity index (χ3v) is 6.04. The predicted octanol–water partition coefficient (Wildman–Crippen LogP) is 3.83. The highest BCUT2D eigenvalue weighted by atomic mass is 32.2. The summed E-state index contributed by atoms with van der Waals surface area (Å²) in [5.74, 6) is -1.26. The molecule has 0 radical (unpaired) electrons. The number of aromatic nitrogens is 2. The lowest BCUT2D eigenvalue weighted by atomic mass is 9.99. The fourth-order valence-electron chi connectivity index (χ4n) is 3.01. The summed E-state index contributed by atoms with van der Waals surface area (Å²) >= 11 is 0. The van der Waals surface area contributed by atoms with Crippen molar-refractivity contribution in [2.75, 3.05) is 17.1 Å². The minimum atomic E-state index is -4.17. The van der Waals surface area contributed by atoms with Crippen molar-refractivity contribution in [3.05, 3.63) is 65.7 Å². The topological polar surface area (TPSA) is 102 Å². The number of benzene rings is 2. The van der Waals surface area contributed by atoms with E-state index in [1.165, 1.54) is 62.2 Å². The van der Waals surface area contributed by atoms with Crippen LogP contribution in [-0.2, 0) is 22.7 Å². The summed E-state index contributed by atoms with van der Waals surface area (Å²) in [7, 11) is -1.28. The Kier molecular flexibility index (Phi) is 6.22. The van der Waals surface area contributed by atoms with E-state index in [0.717, 1.165) is 12.1 Å². The molecule has 0 aliphatic carbocycles. The van der Waals surface area contributed by atoms with Crippen LogP contribution >= 0.6 is 0 Å². The van der Waals surface area contributed by atoms with Crippen molar-refractivity contribution in [3.8, 4) is 5.75 Å². The van der Waals surface area contributed by atoms with Crippen LogP contribution in [0.25, 0.3) is 0 Å². The van der Waals surface area contributed by atoms with Crippen molar-refractivity contribution in [1.29, 1.82) is 0 Å². The maximum absolute atomic E-state index is 14.2. The summed E-state index contributed by atoms with van der Waals surface area (Å²) in [5, 5.41) is 6.56. The molecule has 0 bridgehead atoms. The average molecular weight is 464 g/mol. The second kappa shape index (κ2) is 8.58. The summed E-state index contributed by atoms with van der Waals surface area (Å²) < 4.78 is 62.9. The molecule has 1 aromatic heterocycles. The summed E-state index contributed by atoms with van der Waals surface area (Å²) in [6, 6.07) is 8.81. The lowest BCUT2D eigenvalue weighted by Gasteiger charge is -2.18. The molecule has 1 amide bonds. The standard InChI is InChI=1S/C21H22F2N4O4S/c1-21(2,23)15-11-14(5-7-16(15)22)26-32(29,30)19-8-6-13(12-18(19)31-4)25-20(28)17-9-10-24-27(17)3/h5-12,26H,1-4H3,(H,25,28). The van der Waals surface area contributed by atoms with Crippen molar-refractivity contribution in [2.45, 2.75) is 24.4 Å². The number of halogens is 2. The van der Waals surface area contributed by atoms with E-state index in [2.05, 4.69) is 15.1 Å². The zero-order valence-corrected chi connectivity index (χ0v) is 18.6. The first-order valence-corrected chi connectivity index (χ1v) is 10.9. The zero-order valence-electron chi connectivity index (χ0n) is 17.8. The molecule has 0 aliphatic heterocycles. The molecule has 1 heterocycles. The number of anilines is 2. The molecule has 8 nitrogen and oxygen atoms in total. The van der Waals surface area contributed by atoms with Gasteiger partial charge < -0.3 is 10.1 Å². The van der Waals surface area contributed by atoms with Gasteiger partial charge in [-0.3, -0.25) is 14.2 Å². The van der Waals surface area contributed by atoms with E-state index in [1.54, 1.807) is 7.05 Å². The van der Waals surface area contributed by atoms with Crippen molar-refractivity contribution in [2.24, 2.45) is 7.05 Å². The maximum atomic E-state index is 14.2. The van der Waals surface area contributed by atoms with E-state index >= 15 is 0 Å². The number of hydrogen-bond donors (Lipinski definition) is 2. The van der Waals surface area contributed by atoms with Gasteiger partial charge in [-0.2, -0.15) is 5.10 Å². The smallest absolute Gasteiger partial charge is 0.273 e. The van der Waals surface area contributed by atoms with E-state index in [-0.39, 0.29) is 21.9 Å². The van der Waals surface area contributed by atoms with Crippen LogP contribution in [0.15, 0.2) is 53.6 Å². The third kappa shape index (κ3) is 4.88. The molecule has 0 spiro atoms. The van der Waals surface area contributed by atoms with Gasteiger partial charge in [0.25, 0.3) is 15.9 Å². The molecule has 0 saturated carbocycles. The molecule has 32 heavy (non-hydrogen) atoms. The molecule has 0 atom stereocenters. The first kappa shape index (κ1) is 23.2. The van der Waals surface area contributed by atoms with Crippen LogP contribution < -0.4 is 14.8 Å². The Morgan fingerprint density at radius 1 is 1.12 bits per heavy atom. The Hall–Kier alpha value is -3.47. The van der Waals surface area contributed by atoms with Crippen molar-refractivity contribution in [3.63, 3.8) is 0 Å². The molecular formula is C21H22F2N4O4S. The highest BCUT2D eigenvalue weighted by molar-refractivity contribution is 7.92. The zero-order chi connectivity index (χ0) is 23.7. The van der Waals surface area contributed by atoms with E-state index in [9.17, 15) is 22.0 Å². The van der Waals surface area contributed by atoms with Crippen LogP contribution in [0.3, 0.4) is 0 Å². The molecule has 2 N–H and O–H groups in total. The number of hydrogen-bond acceptors (Lipinski definition) is 5.